The lowest BCUT2D eigenvalue weighted by Crippen LogP contribution is -2.45. The van der Waals surface area contributed by atoms with Crippen molar-refractivity contribution in [3.05, 3.63) is 42.0 Å². The molecule has 0 saturated carbocycles. The SMILES string of the molecule is CCOC(=O)c1ccc(CN2CCN(c3ccc(OC)nc3)CC2)o1. The third-order valence-corrected chi connectivity index (χ3v) is 4.19. The molecule has 7 heteroatoms. The fraction of sp³-hybridized carbons (Fsp3) is 0.444. The molecule has 25 heavy (non-hydrogen) atoms. The molecule has 0 bridgehead atoms. The average molecular weight is 345 g/mol. The topological polar surface area (TPSA) is 68.0 Å². The smallest absolute Gasteiger partial charge is 0.374 e. The van der Waals surface area contributed by atoms with Crippen LogP contribution < -0.4 is 9.64 Å². The molecule has 0 aromatic carbocycles. The van der Waals surface area contributed by atoms with Crippen LogP contribution in [0.4, 0.5) is 5.69 Å². The van der Waals surface area contributed by atoms with Crippen LogP contribution in [-0.2, 0) is 11.3 Å². The van der Waals surface area contributed by atoms with Gasteiger partial charge in [-0.05, 0) is 25.1 Å². The van der Waals surface area contributed by atoms with Gasteiger partial charge in [-0.15, -0.1) is 0 Å². The van der Waals surface area contributed by atoms with Crippen LogP contribution >= 0.6 is 0 Å². The predicted octanol–water partition coefficient (Wildman–Crippen LogP) is 2.18. The largest absolute Gasteiger partial charge is 0.481 e. The van der Waals surface area contributed by atoms with E-state index in [2.05, 4.69) is 14.8 Å². The van der Waals surface area contributed by atoms with E-state index in [4.69, 9.17) is 13.9 Å². The minimum absolute atomic E-state index is 0.264. The highest BCUT2D eigenvalue weighted by atomic mass is 16.5. The molecule has 0 unspecified atom stereocenters. The number of nitrogens with zero attached hydrogens (tertiary/aromatic N) is 3. The molecule has 0 radical (unpaired) electrons. The van der Waals surface area contributed by atoms with Crippen LogP contribution in [0.1, 0.15) is 23.2 Å². The van der Waals surface area contributed by atoms with Crippen molar-refractivity contribution in [1.29, 1.82) is 0 Å². The normalized spacial score (nSPS) is 15.2. The summed E-state index contributed by atoms with van der Waals surface area (Å²) in [6.45, 7) is 6.48. The number of carbonyl (C=O) groups excluding carboxylic acids is 1. The van der Waals surface area contributed by atoms with E-state index >= 15 is 0 Å². The lowest BCUT2D eigenvalue weighted by atomic mass is 10.2. The number of esters is 1. The number of aromatic nitrogens is 1. The Morgan fingerprint density at radius 3 is 2.64 bits per heavy atom. The second kappa shape index (κ2) is 8.02. The average Bonchev–Trinajstić information content (AvgIpc) is 3.11. The Morgan fingerprint density at radius 1 is 1.20 bits per heavy atom. The number of rotatable bonds is 6. The molecule has 0 N–H and O–H groups in total. The first kappa shape index (κ1) is 17.3. The van der Waals surface area contributed by atoms with Gasteiger partial charge in [0.25, 0.3) is 0 Å². The number of furan rings is 1. The van der Waals surface area contributed by atoms with Crippen molar-refractivity contribution in [2.24, 2.45) is 0 Å². The number of anilines is 1. The van der Waals surface area contributed by atoms with Gasteiger partial charge in [-0.1, -0.05) is 0 Å². The zero-order chi connectivity index (χ0) is 17.6. The van der Waals surface area contributed by atoms with E-state index in [-0.39, 0.29) is 5.76 Å². The molecule has 1 fully saturated rings. The maximum absolute atomic E-state index is 11.6. The Morgan fingerprint density at radius 2 is 2.00 bits per heavy atom. The summed E-state index contributed by atoms with van der Waals surface area (Å²) in [5.41, 5.74) is 1.10. The van der Waals surface area contributed by atoms with E-state index in [0.29, 0.717) is 19.0 Å². The van der Waals surface area contributed by atoms with Gasteiger partial charge >= 0.3 is 5.97 Å². The summed E-state index contributed by atoms with van der Waals surface area (Å²) in [5.74, 6) is 1.26. The van der Waals surface area contributed by atoms with Gasteiger partial charge in [0, 0.05) is 32.2 Å². The second-order valence-corrected chi connectivity index (χ2v) is 5.81. The van der Waals surface area contributed by atoms with E-state index in [1.807, 2.05) is 24.4 Å². The number of piperazine rings is 1. The third kappa shape index (κ3) is 4.30. The van der Waals surface area contributed by atoms with Crippen LogP contribution in [0.25, 0.3) is 0 Å². The van der Waals surface area contributed by atoms with E-state index < -0.39 is 5.97 Å². The number of hydrogen-bond acceptors (Lipinski definition) is 7. The highest BCUT2D eigenvalue weighted by Gasteiger charge is 2.19. The van der Waals surface area contributed by atoms with Crippen LogP contribution in [0.3, 0.4) is 0 Å². The molecular formula is C18H23N3O4. The van der Waals surface area contributed by atoms with Crippen molar-refractivity contribution in [2.75, 3.05) is 44.8 Å². The summed E-state index contributed by atoms with van der Waals surface area (Å²) in [4.78, 5) is 20.5. The molecule has 0 aliphatic carbocycles. The molecule has 7 nitrogen and oxygen atoms in total. The van der Waals surface area contributed by atoms with Gasteiger partial charge in [0.2, 0.25) is 11.6 Å². The number of ether oxygens (including phenoxy) is 2. The Hall–Kier alpha value is -2.54. The maximum Gasteiger partial charge on any atom is 0.374 e. The molecule has 3 rings (SSSR count). The summed E-state index contributed by atoms with van der Waals surface area (Å²) in [6.07, 6.45) is 1.84. The number of carbonyl (C=O) groups is 1. The summed E-state index contributed by atoms with van der Waals surface area (Å²) < 4.78 is 15.6. The minimum atomic E-state index is -0.412. The van der Waals surface area contributed by atoms with Gasteiger partial charge in [0.15, 0.2) is 0 Å². The van der Waals surface area contributed by atoms with E-state index in [0.717, 1.165) is 37.6 Å². The van der Waals surface area contributed by atoms with Crippen LogP contribution in [0.15, 0.2) is 34.9 Å². The fourth-order valence-corrected chi connectivity index (χ4v) is 2.84. The molecule has 1 aliphatic rings. The van der Waals surface area contributed by atoms with Crippen molar-refractivity contribution >= 4 is 11.7 Å². The zero-order valence-electron chi connectivity index (χ0n) is 14.6. The van der Waals surface area contributed by atoms with Gasteiger partial charge in [-0.25, -0.2) is 9.78 Å². The second-order valence-electron chi connectivity index (χ2n) is 5.81. The van der Waals surface area contributed by atoms with Crippen molar-refractivity contribution in [3.8, 4) is 5.88 Å². The molecule has 1 saturated heterocycles. The first-order chi connectivity index (χ1) is 12.2. The number of hydrogen-bond donors (Lipinski definition) is 0. The Kier molecular flexibility index (Phi) is 5.55. The number of methoxy groups -OCH3 is 1. The molecule has 0 atom stereocenters. The Balaban J connectivity index is 1.51. The summed E-state index contributed by atoms with van der Waals surface area (Å²) in [7, 11) is 1.61. The monoisotopic (exact) mass is 345 g/mol. The summed E-state index contributed by atoms with van der Waals surface area (Å²) in [5, 5.41) is 0. The molecule has 1 aliphatic heterocycles. The van der Waals surface area contributed by atoms with Gasteiger partial charge < -0.3 is 18.8 Å². The summed E-state index contributed by atoms with van der Waals surface area (Å²) in [6, 6.07) is 7.42. The predicted molar refractivity (Wildman–Crippen MR) is 92.9 cm³/mol. The zero-order valence-corrected chi connectivity index (χ0v) is 14.6. The van der Waals surface area contributed by atoms with Gasteiger partial charge in [-0.2, -0.15) is 0 Å². The fourth-order valence-electron chi connectivity index (χ4n) is 2.84. The van der Waals surface area contributed by atoms with Gasteiger partial charge in [0.05, 0.1) is 32.1 Å². The van der Waals surface area contributed by atoms with Crippen molar-refractivity contribution in [2.45, 2.75) is 13.5 Å². The first-order valence-corrected chi connectivity index (χ1v) is 8.42. The standard InChI is InChI=1S/C18H23N3O4/c1-3-24-18(22)16-6-5-15(25-16)13-20-8-10-21(11-9-20)14-4-7-17(23-2)19-12-14/h4-7,12H,3,8-11,13H2,1-2H3. The number of pyridine rings is 1. The molecule has 2 aromatic rings. The first-order valence-electron chi connectivity index (χ1n) is 8.42. The van der Waals surface area contributed by atoms with Crippen molar-refractivity contribution in [1.82, 2.24) is 9.88 Å². The lowest BCUT2D eigenvalue weighted by molar-refractivity contribution is 0.0486. The molecule has 134 valence electrons. The molecule has 0 amide bonds. The van der Waals surface area contributed by atoms with Crippen LogP contribution in [-0.4, -0.2) is 55.7 Å². The third-order valence-electron chi connectivity index (χ3n) is 4.19. The van der Waals surface area contributed by atoms with E-state index in [9.17, 15) is 4.79 Å². The van der Waals surface area contributed by atoms with Crippen LogP contribution in [0.2, 0.25) is 0 Å². The maximum atomic E-state index is 11.6. The quantitative estimate of drug-likeness (QED) is 0.743. The molecule has 0 spiro atoms. The van der Waals surface area contributed by atoms with Gasteiger partial charge in [-0.3, -0.25) is 4.90 Å². The Bertz CT molecular complexity index is 691. The lowest BCUT2D eigenvalue weighted by Gasteiger charge is -2.35. The molecule has 3 heterocycles. The van der Waals surface area contributed by atoms with Crippen molar-refractivity contribution < 1.29 is 18.7 Å². The van der Waals surface area contributed by atoms with E-state index in [1.54, 1.807) is 20.1 Å². The van der Waals surface area contributed by atoms with E-state index in [1.165, 1.54) is 0 Å². The minimum Gasteiger partial charge on any atom is -0.481 e. The van der Waals surface area contributed by atoms with Crippen LogP contribution in [0.5, 0.6) is 5.88 Å². The van der Waals surface area contributed by atoms with Gasteiger partial charge in [0.1, 0.15) is 5.76 Å². The van der Waals surface area contributed by atoms with Crippen LogP contribution in [0, 0.1) is 0 Å². The Labute approximate surface area is 147 Å². The molecule has 2 aromatic heterocycles. The molecular weight excluding hydrogens is 322 g/mol. The highest BCUT2D eigenvalue weighted by molar-refractivity contribution is 5.86. The van der Waals surface area contributed by atoms with Crippen molar-refractivity contribution in [3.63, 3.8) is 0 Å². The highest BCUT2D eigenvalue weighted by Crippen LogP contribution is 2.19. The summed E-state index contributed by atoms with van der Waals surface area (Å²) >= 11 is 0.